The zero-order valence-corrected chi connectivity index (χ0v) is 14.8. The molecule has 3 saturated carbocycles. The van der Waals surface area contributed by atoms with Gasteiger partial charge in [0.05, 0.1) is 12.0 Å². The molecular weight excluding hydrogens is 282 g/mol. The van der Waals surface area contributed by atoms with Crippen LogP contribution in [0.2, 0.25) is 0 Å². The minimum absolute atomic E-state index is 0.225. The second kappa shape index (κ2) is 4.95. The average Bonchev–Trinajstić information content (AvgIpc) is 2.85. The Labute approximate surface area is 140 Å². The zero-order chi connectivity index (χ0) is 16.4. The predicted molar refractivity (Wildman–Crippen MR) is 90.4 cm³/mol. The number of carbonyl (C=O) groups excluding carboxylic acids is 1. The van der Waals surface area contributed by atoms with E-state index in [9.17, 15) is 10.1 Å². The van der Waals surface area contributed by atoms with Gasteiger partial charge in [-0.05, 0) is 79.1 Å². The topological polar surface area (TPSA) is 40.9 Å². The van der Waals surface area contributed by atoms with E-state index < -0.39 is 0 Å². The van der Waals surface area contributed by atoms with Crippen LogP contribution < -0.4 is 0 Å². The van der Waals surface area contributed by atoms with E-state index in [1.165, 1.54) is 31.3 Å². The smallest absolute Gasteiger partial charge is 0.155 e. The number of ketones is 1. The summed E-state index contributed by atoms with van der Waals surface area (Å²) in [6.45, 7) is 7.15. The summed E-state index contributed by atoms with van der Waals surface area (Å²) in [6, 6.07) is 2.62. The third-order valence-electron chi connectivity index (χ3n) is 8.67. The van der Waals surface area contributed by atoms with Gasteiger partial charge in [-0.15, -0.1) is 0 Å². The van der Waals surface area contributed by atoms with E-state index in [-0.39, 0.29) is 16.7 Å². The van der Waals surface area contributed by atoms with Crippen molar-refractivity contribution in [1.82, 2.24) is 0 Å². The van der Waals surface area contributed by atoms with Gasteiger partial charge in [0.15, 0.2) is 5.78 Å². The molecular formula is C21H29NO. The van der Waals surface area contributed by atoms with Crippen molar-refractivity contribution in [2.75, 3.05) is 0 Å². The molecule has 0 N–H and O–H groups in total. The molecule has 4 rings (SSSR count). The van der Waals surface area contributed by atoms with E-state index in [0.29, 0.717) is 11.7 Å². The van der Waals surface area contributed by atoms with Crippen molar-refractivity contribution in [1.29, 1.82) is 5.26 Å². The lowest BCUT2D eigenvalue weighted by Gasteiger charge is -2.59. The van der Waals surface area contributed by atoms with Crippen LogP contribution in [0, 0.1) is 51.8 Å². The summed E-state index contributed by atoms with van der Waals surface area (Å²) in [5, 5.41) is 9.58. The van der Waals surface area contributed by atoms with E-state index >= 15 is 0 Å². The molecule has 0 aromatic carbocycles. The van der Waals surface area contributed by atoms with E-state index in [0.717, 1.165) is 37.0 Å². The van der Waals surface area contributed by atoms with Crippen LogP contribution in [-0.2, 0) is 4.79 Å². The fourth-order valence-corrected chi connectivity index (χ4v) is 7.15. The number of allylic oxidation sites excluding steroid dienone is 1. The fraction of sp³-hybridized carbons (Fsp3) is 0.810. The molecule has 0 saturated heterocycles. The Balaban J connectivity index is 1.71. The maximum absolute atomic E-state index is 12.0. The van der Waals surface area contributed by atoms with Gasteiger partial charge >= 0.3 is 0 Å². The highest BCUT2D eigenvalue weighted by molar-refractivity contribution is 5.92. The van der Waals surface area contributed by atoms with Gasteiger partial charge in [-0.2, -0.15) is 5.26 Å². The Bertz CT molecular complexity index is 614. The summed E-state index contributed by atoms with van der Waals surface area (Å²) in [5.74, 6) is 3.30. The highest BCUT2D eigenvalue weighted by Gasteiger charge is 2.60. The third kappa shape index (κ3) is 1.89. The Morgan fingerprint density at radius 3 is 2.70 bits per heavy atom. The quantitative estimate of drug-likeness (QED) is 0.638. The van der Waals surface area contributed by atoms with Crippen molar-refractivity contribution < 1.29 is 4.79 Å². The molecule has 2 heteroatoms. The minimum atomic E-state index is 0.225. The van der Waals surface area contributed by atoms with E-state index in [4.69, 9.17) is 0 Å². The lowest BCUT2D eigenvalue weighted by molar-refractivity contribution is -0.120. The molecule has 0 amide bonds. The lowest BCUT2D eigenvalue weighted by Crippen LogP contribution is -2.52. The van der Waals surface area contributed by atoms with Crippen molar-refractivity contribution >= 4 is 5.78 Å². The summed E-state index contributed by atoms with van der Waals surface area (Å²) in [6.07, 6.45) is 9.89. The van der Waals surface area contributed by atoms with Gasteiger partial charge in [0.1, 0.15) is 0 Å². The number of nitriles is 1. The molecule has 23 heavy (non-hydrogen) atoms. The number of fused-ring (bicyclic) bond motifs is 5. The Morgan fingerprint density at radius 2 is 1.96 bits per heavy atom. The summed E-state index contributed by atoms with van der Waals surface area (Å²) in [4.78, 5) is 12.0. The van der Waals surface area contributed by atoms with Gasteiger partial charge in [0.25, 0.3) is 0 Å². The van der Waals surface area contributed by atoms with Crippen molar-refractivity contribution in [3.63, 3.8) is 0 Å². The molecule has 7 unspecified atom stereocenters. The first-order chi connectivity index (χ1) is 10.9. The second-order valence-corrected chi connectivity index (χ2v) is 9.24. The normalized spacial score (nSPS) is 52.0. The van der Waals surface area contributed by atoms with Gasteiger partial charge < -0.3 is 0 Å². The SMILES string of the molecule is CC1CC(=O)C=C2CCC3C4CCC(C#N)C4(C)CCC3C21C. The molecule has 0 heterocycles. The van der Waals surface area contributed by atoms with Crippen molar-refractivity contribution in [3.05, 3.63) is 11.6 Å². The molecule has 0 aromatic heterocycles. The molecule has 4 aliphatic carbocycles. The summed E-state index contributed by atoms with van der Waals surface area (Å²) < 4.78 is 0. The largest absolute Gasteiger partial charge is 0.295 e. The fourth-order valence-electron chi connectivity index (χ4n) is 7.15. The van der Waals surface area contributed by atoms with Gasteiger partial charge in [-0.1, -0.05) is 26.3 Å². The molecule has 3 fully saturated rings. The maximum Gasteiger partial charge on any atom is 0.155 e. The van der Waals surface area contributed by atoms with Gasteiger partial charge in [0, 0.05) is 6.42 Å². The molecule has 0 aromatic rings. The highest BCUT2D eigenvalue weighted by Crippen LogP contribution is 2.67. The van der Waals surface area contributed by atoms with E-state index in [2.05, 4.69) is 26.8 Å². The van der Waals surface area contributed by atoms with E-state index in [1.807, 2.05) is 6.08 Å². The van der Waals surface area contributed by atoms with Crippen LogP contribution in [-0.4, -0.2) is 5.78 Å². The molecule has 0 bridgehead atoms. The number of rotatable bonds is 0. The molecule has 2 nitrogen and oxygen atoms in total. The molecule has 7 atom stereocenters. The molecule has 4 aliphatic rings. The number of nitrogens with zero attached hydrogens (tertiary/aromatic N) is 1. The van der Waals surface area contributed by atoms with Crippen molar-refractivity contribution in [2.24, 2.45) is 40.4 Å². The standard InChI is InChI=1S/C21H29NO/c1-13-10-16(23)11-14-4-6-17-18-7-5-15(12-22)20(18,2)9-8-19(17)21(13,14)3/h11,13,15,17-19H,4-10H2,1-3H3. The molecule has 0 spiro atoms. The first kappa shape index (κ1) is 15.4. The third-order valence-corrected chi connectivity index (χ3v) is 8.67. The zero-order valence-electron chi connectivity index (χ0n) is 14.8. The highest BCUT2D eigenvalue weighted by atomic mass is 16.1. The van der Waals surface area contributed by atoms with Crippen LogP contribution in [0.15, 0.2) is 11.6 Å². The van der Waals surface area contributed by atoms with Crippen molar-refractivity contribution in [2.45, 2.75) is 65.7 Å². The predicted octanol–water partition coefficient (Wildman–Crippen LogP) is 4.90. The van der Waals surface area contributed by atoms with E-state index in [1.54, 1.807) is 0 Å². The summed E-state index contributed by atoms with van der Waals surface area (Å²) in [5.41, 5.74) is 1.92. The minimum Gasteiger partial charge on any atom is -0.295 e. The Kier molecular flexibility index (Phi) is 3.32. The number of hydrogen-bond acceptors (Lipinski definition) is 2. The number of carbonyl (C=O) groups is 1. The Hall–Kier alpha value is -1.10. The molecule has 0 radical (unpaired) electrons. The summed E-state index contributed by atoms with van der Waals surface area (Å²) >= 11 is 0. The van der Waals surface area contributed by atoms with Crippen LogP contribution in [0.25, 0.3) is 0 Å². The monoisotopic (exact) mass is 311 g/mol. The lowest BCUT2D eigenvalue weighted by atomic mass is 9.45. The van der Waals surface area contributed by atoms with Gasteiger partial charge in [0.2, 0.25) is 0 Å². The van der Waals surface area contributed by atoms with Crippen LogP contribution >= 0.6 is 0 Å². The average molecular weight is 311 g/mol. The number of hydrogen-bond donors (Lipinski definition) is 0. The van der Waals surface area contributed by atoms with Crippen LogP contribution in [0.1, 0.15) is 65.7 Å². The summed E-state index contributed by atoms with van der Waals surface area (Å²) in [7, 11) is 0. The maximum atomic E-state index is 12.0. The van der Waals surface area contributed by atoms with Crippen LogP contribution in [0.5, 0.6) is 0 Å². The first-order valence-corrected chi connectivity index (χ1v) is 9.54. The molecule has 0 aliphatic heterocycles. The Morgan fingerprint density at radius 1 is 1.17 bits per heavy atom. The van der Waals surface area contributed by atoms with Gasteiger partial charge in [-0.3, -0.25) is 4.79 Å². The van der Waals surface area contributed by atoms with Crippen LogP contribution in [0.3, 0.4) is 0 Å². The van der Waals surface area contributed by atoms with Crippen molar-refractivity contribution in [3.8, 4) is 6.07 Å². The van der Waals surface area contributed by atoms with Crippen LogP contribution in [0.4, 0.5) is 0 Å². The molecule has 124 valence electrons. The van der Waals surface area contributed by atoms with Gasteiger partial charge in [-0.25, -0.2) is 0 Å². The first-order valence-electron chi connectivity index (χ1n) is 9.54. The second-order valence-electron chi connectivity index (χ2n) is 9.24.